The van der Waals surface area contributed by atoms with Gasteiger partial charge in [-0.2, -0.15) is 4.31 Å². The van der Waals surface area contributed by atoms with E-state index < -0.39 is 10.0 Å². The van der Waals surface area contributed by atoms with Gasteiger partial charge >= 0.3 is 0 Å². The Morgan fingerprint density at radius 1 is 0.838 bits per heavy atom. The van der Waals surface area contributed by atoms with Gasteiger partial charge < -0.3 is 14.5 Å². The number of ether oxygens (including phenoxy) is 1. The summed E-state index contributed by atoms with van der Waals surface area (Å²) in [5.74, 6) is 1.51. The molecule has 1 aromatic heterocycles. The molecule has 0 N–H and O–H groups in total. The van der Waals surface area contributed by atoms with E-state index in [0.29, 0.717) is 51.4 Å². The van der Waals surface area contributed by atoms with E-state index in [1.807, 2.05) is 43.3 Å². The second-order valence-electron chi connectivity index (χ2n) is 9.15. The maximum atomic E-state index is 13.0. The quantitative estimate of drug-likeness (QED) is 0.471. The van der Waals surface area contributed by atoms with E-state index in [0.717, 1.165) is 35.7 Å². The molecule has 2 aromatic carbocycles. The Bertz CT molecular complexity index is 1310. The molecule has 10 heteroatoms. The van der Waals surface area contributed by atoms with Gasteiger partial charge in [-0.15, -0.1) is 10.2 Å². The largest absolute Gasteiger partial charge is 0.494 e. The lowest BCUT2D eigenvalue weighted by atomic mass is 10.1. The third-order valence-corrected chi connectivity index (χ3v) is 8.72. The van der Waals surface area contributed by atoms with Crippen LogP contribution in [0.5, 0.6) is 5.75 Å². The monoisotopic (exact) mass is 521 g/mol. The van der Waals surface area contributed by atoms with Gasteiger partial charge in [0.25, 0.3) is 5.91 Å². The number of hydrogen-bond acceptors (Lipinski definition) is 7. The molecule has 0 saturated carbocycles. The van der Waals surface area contributed by atoms with E-state index >= 15 is 0 Å². The minimum Gasteiger partial charge on any atom is -0.494 e. The summed E-state index contributed by atoms with van der Waals surface area (Å²) in [5.41, 5.74) is 2.25. The molecular weight excluding hydrogens is 490 g/mol. The first kappa shape index (κ1) is 25.2. The van der Waals surface area contributed by atoms with Crippen LogP contribution in [0.4, 0.5) is 5.82 Å². The van der Waals surface area contributed by atoms with Crippen LogP contribution in [0.2, 0.25) is 0 Å². The minimum atomic E-state index is -3.49. The zero-order valence-electron chi connectivity index (χ0n) is 20.9. The fourth-order valence-electron chi connectivity index (χ4n) is 4.70. The number of carbonyl (C=O) groups is 1. The van der Waals surface area contributed by atoms with Gasteiger partial charge in [0.15, 0.2) is 5.82 Å². The Morgan fingerprint density at radius 2 is 1.51 bits per heavy atom. The first-order chi connectivity index (χ1) is 18.0. The first-order valence-electron chi connectivity index (χ1n) is 12.7. The van der Waals surface area contributed by atoms with Crippen LogP contribution in [0, 0.1) is 0 Å². The zero-order chi connectivity index (χ0) is 25.8. The topological polar surface area (TPSA) is 95.9 Å². The number of sulfonamides is 1. The van der Waals surface area contributed by atoms with Crippen molar-refractivity contribution < 1.29 is 17.9 Å². The number of anilines is 1. The van der Waals surface area contributed by atoms with Crippen LogP contribution in [0.1, 0.15) is 30.1 Å². The standard InChI is InChI=1S/C27H31N5O4S/c1-2-36-23-9-5-21(6-10-23)25-13-14-26(29-28-25)30-17-19-31(20-18-30)27(33)22-7-11-24(12-8-22)37(34,35)32-15-3-4-16-32/h5-14H,2-4,15-20H2,1H3. The maximum absolute atomic E-state index is 13.0. The van der Waals surface area contributed by atoms with E-state index in [9.17, 15) is 13.2 Å². The van der Waals surface area contributed by atoms with E-state index in [4.69, 9.17) is 4.74 Å². The van der Waals surface area contributed by atoms with Crippen molar-refractivity contribution in [3.8, 4) is 17.0 Å². The third kappa shape index (κ3) is 5.45. The molecule has 9 nitrogen and oxygen atoms in total. The molecule has 5 rings (SSSR count). The zero-order valence-corrected chi connectivity index (χ0v) is 21.7. The number of piperazine rings is 1. The summed E-state index contributed by atoms with van der Waals surface area (Å²) in [5, 5.41) is 8.80. The molecule has 1 amide bonds. The van der Waals surface area contributed by atoms with Crippen molar-refractivity contribution in [3.05, 3.63) is 66.2 Å². The van der Waals surface area contributed by atoms with Crippen molar-refractivity contribution in [2.45, 2.75) is 24.7 Å². The number of hydrogen-bond donors (Lipinski definition) is 0. The molecule has 37 heavy (non-hydrogen) atoms. The average Bonchev–Trinajstić information content (AvgIpc) is 3.50. The number of carbonyl (C=O) groups excluding carboxylic acids is 1. The Kier molecular flexibility index (Phi) is 7.38. The summed E-state index contributed by atoms with van der Waals surface area (Å²) < 4.78 is 32.5. The summed E-state index contributed by atoms with van der Waals surface area (Å²) in [6, 6.07) is 18.0. The van der Waals surface area contributed by atoms with Crippen LogP contribution in [0.3, 0.4) is 0 Å². The molecule has 3 aromatic rings. The number of benzene rings is 2. The average molecular weight is 522 g/mol. The van der Waals surface area contributed by atoms with Crippen molar-refractivity contribution >= 4 is 21.7 Å². The Labute approximate surface area is 217 Å². The molecule has 2 fully saturated rings. The van der Waals surface area contributed by atoms with Gasteiger partial charge in [-0.25, -0.2) is 8.42 Å². The second kappa shape index (κ2) is 10.9. The van der Waals surface area contributed by atoms with Crippen LogP contribution in [0.25, 0.3) is 11.3 Å². The van der Waals surface area contributed by atoms with Crippen LogP contribution < -0.4 is 9.64 Å². The number of amides is 1. The van der Waals surface area contributed by atoms with Gasteiger partial charge in [-0.05, 0) is 80.4 Å². The van der Waals surface area contributed by atoms with Gasteiger partial charge in [-0.3, -0.25) is 4.79 Å². The molecule has 0 bridgehead atoms. The van der Waals surface area contributed by atoms with E-state index in [1.165, 1.54) is 4.31 Å². The van der Waals surface area contributed by atoms with Crippen molar-refractivity contribution in [2.24, 2.45) is 0 Å². The fourth-order valence-corrected chi connectivity index (χ4v) is 6.22. The Hall–Kier alpha value is -3.50. The SMILES string of the molecule is CCOc1ccc(-c2ccc(N3CCN(C(=O)c4ccc(S(=O)(=O)N5CCCC5)cc4)CC3)nn2)cc1. The summed E-state index contributed by atoms with van der Waals surface area (Å²) in [7, 11) is -3.49. The Morgan fingerprint density at radius 3 is 2.11 bits per heavy atom. The molecule has 2 aliphatic rings. The molecule has 194 valence electrons. The highest BCUT2D eigenvalue weighted by atomic mass is 32.2. The van der Waals surface area contributed by atoms with Crippen LogP contribution >= 0.6 is 0 Å². The molecule has 3 heterocycles. The first-order valence-corrected chi connectivity index (χ1v) is 14.1. The number of aromatic nitrogens is 2. The lowest BCUT2D eigenvalue weighted by molar-refractivity contribution is 0.0746. The van der Waals surface area contributed by atoms with Crippen LogP contribution in [0.15, 0.2) is 65.6 Å². The molecule has 0 spiro atoms. The van der Waals surface area contributed by atoms with E-state index in [-0.39, 0.29) is 10.8 Å². The van der Waals surface area contributed by atoms with E-state index in [2.05, 4.69) is 15.1 Å². The predicted octanol–water partition coefficient (Wildman–Crippen LogP) is 3.29. The van der Waals surface area contributed by atoms with Crippen LogP contribution in [-0.2, 0) is 10.0 Å². The van der Waals surface area contributed by atoms with Crippen molar-refractivity contribution in [1.29, 1.82) is 0 Å². The molecule has 2 saturated heterocycles. The van der Waals surface area contributed by atoms with Crippen molar-refractivity contribution in [2.75, 3.05) is 50.8 Å². The van der Waals surface area contributed by atoms with Crippen molar-refractivity contribution in [3.63, 3.8) is 0 Å². The third-order valence-electron chi connectivity index (χ3n) is 6.81. The van der Waals surface area contributed by atoms with Gasteiger partial charge in [-0.1, -0.05) is 0 Å². The van der Waals surface area contributed by atoms with Crippen molar-refractivity contribution in [1.82, 2.24) is 19.4 Å². The van der Waals surface area contributed by atoms with Crippen LogP contribution in [-0.4, -0.2) is 79.6 Å². The summed E-state index contributed by atoms with van der Waals surface area (Å²) in [4.78, 5) is 17.2. The second-order valence-corrected chi connectivity index (χ2v) is 11.1. The molecule has 0 atom stereocenters. The molecule has 0 unspecified atom stereocenters. The number of nitrogens with zero attached hydrogens (tertiary/aromatic N) is 5. The van der Waals surface area contributed by atoms with E-state index in [1.54, 1.807) is 29.2 Å². The summed E-state index contributed by atoms with van der Waals surface area (Å²) >= 11 is 0. The van der Waals surface area contributed by atoms with Gasteiger partial charge in [0.2, 0.25) is 10.0 Å². The summed E-state index contributed by atoms with van der Waals surface area (Å²) in [6.45, 7) is 6.08. The fraction of sp³-hybridized carbons (Fsp3) is 0.370. The van der Waals surface area contributed by atoms with Gasteiger partial charge in [0.05, 0.1) is 17.2 Å². The summed E-state index contributed by atoms with van der Waals surface area (Å²) in [6.07, 6.45) is 1.78. The Balaban J connectivity index is 1.17. The smallest absolute Gasteiger partial charge is 0.253 e. The molecular formula is C27H31N5O4S. The highest BCUT2D eigenvalue weighted by Gasteiger charge is 2.28. The van der Waals surface area contributed by atoms with Gasteiger partial charge in [0.1, 0.15) is 5.75 Å². The minimum absolute atomic E-state index is 0.0956. The van der Waals surface area contributed by atoms with Gasteiger partial charge in [0, 0.05) is 50.4 Å². The molecule has 2 aliphatic heterocycles. The lowest BCUT2D eigenvalue weighted by Gasteiger charge is -2.35. The highest BCUT2D eigenvalue weighted by Crippen LogP contribution is 2.24. The number of rotatable bonds is 7. The normalized spacial score (nSPS) is 16.7. The highest BCUT2D eigenvalue weighted by molar-refractivity contribution is 7.89. The molecule has 0 aliphatic carbocycles. The maximum Gasteiger partial charge on any atom is 0.253 e. The lowest BCUT2D eigenvalue weighted by Crippen LogP contribution is -2.49. The molecule has 0 radical (unpaired) electrons. The predicted molar refractivity (Wildman–Crippen MR) is 141 cm³/mol.